The van der Waals surface area contributed by atoms with Crippen molar-refractivity contribution < 1.29 is 9.59 Å². The van der Waals surface area contributed by atoms with Gasteiger partial charge in [0.1, 0.15) is 17.2 Å². The number of thiazole rings is 1. The second kappa shape index (κ2) is 10.4. The van der Waals surface area contributed by atoms with E-state index in [1.807, 2.05) is 6.92 Å². The van der Waals surface area contributed by atoms with Crippen LogP contribution in [0.3, 0.4) is 0 Å². The molecule has 0 aliphatic heterocycles. The van der Waals surface area contributed by atoms with Gasteiger partial charge >= 0.3 is 0 Å². The molecule has 0 aliphatic rings. The molecule has 0 fully saturated rings. The number of halogens is 2. The number of amides is 2. The molecular weight excluding hydrogens is 383 g/mol. The Morgan fingerprint density at radius 1 is 1.32 bits per heavy atom. The summed E-state index contributed by atoms with van der Waals surface area (Å²) in [5, 5.41) is 5.71. The number of nitrogens with one attached hydrogen (secondary N) is 1. The third-order valence-corrected chi connectivity index (χ3v) is 4.31. The summed E-state index contributed by atoms with van der Waals surface area (Å²) in [4.78, 5) is 30.4. The first-order valence-corrected chi connectivity index (χ1v) is 8.78. The van der Waals surface area contributed by atoms with Crippen molar-refractivity contribution in [1.82, 2.24) is 9.88 Å². The predicted molar refractivity (Wildman–Crippen MR) is 104 cm³/mol. The molecule has 0 saturated heterocycles. The van der Waals surface area contributed by atoms with Gasteiger partial charge in [0.15, 0.2) is 0 Å². The number of hydrogen-bond acceptors (Lipinski definition) is 5. The summed E-state index contributed by atoms with van der Waals surface area (Å²) in [5.74, 6) is -0.535. The molecule has 1 aromatic heterocycles. The standard InChI is InChI=1S/C16H19ClN4O2S.ClH/c1-2-7-21(16(23)13-10-24-15(8-18)20-13)9-14(22)19-12-5-3-11(17)4-6-12;/h3-6,10H,2,7-9,18H2,1H3,(H,19,22);1H. The summed E-state index contributed by atoms with van der Waals surface area (Å²) < 4.78 is 0. The highest BCUT2D eigenvalue weighted by molar-refractivity contribution is 7.09. The van der Waals surface area contributed by atoms with Gasteiger partial charge in [0.25, 0.3) is 5.91 Å². The number of hydrogen-bond donors (Lipinski definition) is 2. The monoisotopic (exact) mass is 402 g/mol. The highest BCUT2D eigenvalue weighted by atomic mass is 35.5. The summed E-state index contributed by atoms with van der Waals surface area (Å²) in [5.41, 5.74) is 6.48. The van der Waals surface area contributed by atoms with E-state index in [2.05, 4.69) is 10.3 Å². The first kappa shape index (κ1) is 21.4. The lowest BCUT2D eigenvalue weighted by Gasteiger charge is -2.20. The quantitative estimate of drug-likeness (QED) is 0.743. The molecule has 25 heavy (non-hydrogen) atoms. The number of benzene rings is 1. The summed E-state index contributed by atoms with van der Waals surface area (Å²) in [6, 6.07) is 6.80. The van der Waals surface area contributed by atoms with Crippen LogP contribution in [0.25, 0.3) is 0 Å². The lowest BCUT2D eigenvalue weighted by atomic mass is 10.3. The highest BCUT2D eigenvalue weighted by Crippen LogP contribution is 2.14. The molecule has 0 spiro atoms. The molecular formula is C16H20Cl2N4O2S. The van der Waals surface area contributed by atoms with E-state index < -0.39 is 0 Å². The minimum Gasteiger partial charge on any atom is -0.328 e. The highest BCUT2D eigenvalue weighted by Gasteiger charge is 2.20. The topological polar surface area (TPSA) is 88.3 Å². The molecule has 0 aliphatic carbocycles. The van der Waals surface area contributed by atoms with Gasteiger partial charge in [0.05, 0.1) is 0 Å². The summed E-state index contributed by atoms with van der Waals surface area (Å²) in [6.45, 7) is 2.68. The largest absolute Gasteiger partial charge is 0.328 e. The second-order valence-corrected chi connectivity index (χ2v) is 6.49. The van der Waals surface area contributed by atoms with Gasteiger partial charge in [-0.05, 0) is 30.7 Å². The van der Waals surface area contributed by atoms with Crippen molar-refractivity contribution in [2.75, 3.05) is 18.4 Å². The number of nitrogens with two attached hydrogens (primary N) is 1. The van der Waals surface area contributed by atoms with Crippen LogP contribution >= 0.6 is 35.3 Å². The maximum Gasteiger partial charge on any atom is 0.273 e. The Balaban J connectivity index is 0.00000312. The van der Waals surface area contributed by atoms with E-state index in [9.17, 15) is 9.59 Å². The van der Waals surface area contributed by atoms with E-state index in [1.165, 1.54) is 16.2 Å². The van der Waals surface area contributed by atoms with Gasteiger partial charge in [0.2, 0.25) is 5.91 Å². The first-order valence-electron chi connectivity index (χ1n) is 7.52. The molecule has 2 amide bonds. The molecule has 6 nitrogen and oxygen atoms in total. The fraction of sp³-hybridized carbons (Fsp3) is 0.312. The third-order valence-electron chi connectivity index (χ3n) is 3.19. The molecule has 2 aromatic rings. The van der Waals surface area contributed by atoms with Crippen LogP contribution < -0.4 is 11.1 Å². The average molecular weight is 403 g/mol. The Labute approximate surface area is 161 Å². The Morgan fingerprint density at radius 3 is 2.56 bits per heavy atom. The molecule has 136 valence electrons. The number of rotatable bonds is 7. The summed E-state index contributed by atoms with van der Waals surface area (Å²) in [7, 11) is 0. The smallest absolute Gasteiger partial charge is 0.273 e. The Hall–Kier alpha value is -1.67. The number of carbonyl (C=O) groups excluding carboxylic acids is 2. The van der Waals surface area contributed by atoms with Crippen LogP contribution in [0.15, 0.2) is 29.6 Å². The number of aromatic nitrogens is 1. The van der Waals surface area contributed by atoms with Gasteiger partial charge in [-0.2, -0.15) is 0 Å². The second-order valence-electron chi connectivity index (χ2n) is 5.11. The minimum absolute atomic E-state index is 0. The van der Waals surface area contributed by atoms with Crippen molar-refractivity contribution in [1.29, 1.82) is 0 Å². The third kappa shape index (κ3) is 6.28. The SMILES string of the molecule is CCCN(CC(=O)Nc1ccc(Cl)cc1)C(=O)c1csc(CN)n1.Cl. The number of carbonyl (C=O) groups is 2. The zero-order valence-corrected chi connectivity index (χ0v) is 16.1. The molecule has 3 N–H and O–H groups in total. The molecule has 0 bridgehead atoms. The lowest BCUT2D eigenvalue weighted by molar-refractivity contribution is -0.116. The van der Waals surface area contributed by atoms with Gasteiger partial charge in [0, 0.05) is 29.2 Å². The van der Waals surface area contributed by atoms with Crippen molar-refractivity contribution in [3.8, 4) is 0 Å². The van der Waals surface area contributed by atoms with Crippen LogP contribution in [0.4, 0.5) is 5.69 Å². The van der Waals surface area contributed by atoms with Gasteiger partial charge in [-0.3, -0.25) is 9.59 Å². The van der Waals surface area contributed by atoms with Crippen molar-refractivity contribution in [3.63, 3.8) is 0 Å². The molecule has 0 unspecified atom stereocenters. The van der Waals surface area contributed by atoms with Crippen LogP contribution in [0.5, 0.6) is 0 Å². The van der Waals surface area contributed by atoms with Crippen molar-refractivity contribution in [2.45, 2.75) is 19.9 Å². The number of nitrogens with zero attached hydrogens (tertiary/aromatic N) is 2. The van der Waals surface area contributed by atoms with Crippen molar-refractivity contribution in [2.24, 2.45) is 5.73 Å². The Bertz CT molecular complexity index is 706. The molecule has 9 heteroatoms. The van der Waals surface area contributed by atoms with E-state index in [4.69, 9.17) is 17.3 Å². The fourth-order valence-corrected chi connectivity index (χ4v) is 2.87. The van der Waals surface area contributed by atoms with Crippen LogP contribution in [-0.2, 0) is 11.3 Å². The van der Waals surface area contributed by atoms with E-state index in [-0.39, 0.29) is 30.8 Å². The van der Waals surface area contributed by atoms with Gasteiger partial charge in [-0.15, -0.1) is 23.7 Å². The van der Waals surface area contributed by atoms with Crippen molar-refractivity contribution >= 4 is 52.8 Å². The van der Waals surface area contributed by atoms with Gasteiger partial charge < -0.3 is 16.0 Å². The molecule has 0 saturated carbocycles. The molecule has 2 rings (SSSR count). The van der Waals surface area contributed by atoms with Crippen LogP contribution in [-0.4, -0.2) is 34.8 Å². The average Bonchev–Trinajstić information content (AvgIpc) is 3.05. The van der Waals surface area contributed by atoms with E-state index in [1.54, 1.807) is 29.6 Å². The predicted octanol–water partition coefficient (Wildman–Crippen LogP) is 3.17. The molecule has 0 atom stereocenters. The van der Waals surface area contributed by atoms with Crippen LogP contribution in [0.2, 0.25) is 5.02 Å². The minimum atomic E-state index is -0.270. The summed E-state index contributed by atoms with van der Waals surface area (Å²) >= 11 is 7.16. The fourth-order valence-electron chi connectivity index (χ4n) is 2.09. The van der Waals surface area contributed by atoms with Gasteiger partial charge in [-0.1, -0.05) is 18.5 Å². The Morgan fingerprint density at radius 2 is 2.00 bits per heavy atom. The van der Waals surface area contributed by atoms with E-state index >= 15 is 0 Å². The molecule has 1 heterocycles. The first-order chi connectivity index (χ1) is 11.5. The van der Waals surface area contributed by atoms with Gasteiger partial charge in [-0.25, -0.2) is 4.98 Å². The maximum absolute atomic E-state index is 12.5. The molecule has 0 radical (unpaired) electrons. The Kier molecular flexibility index (Phi) is 8.85. The molecule has 1 aromatic carbocycles. The van der Waals surface area contributed by atoms with Crippen molar-refractivity contribution in [3.05, 3.63) is 45.4 Å². The number of anilines is 1. The van der Waals surface area contributed by atoms with Crippen LogP contribution in [0, 0.1) is 0 Å². The zero-order chi connectivity index (χ0) is 17.5. The maximum atomic E-state index is 12.5. The summed E-state index contributed by atoms with van der Waals surface area (Å²) in [6.07, 6.45) is 0.744. The van der Waals surface area contributed by atoms with E-state index in [0.29, 0.717) is 34.5 Å². The zero-order valence-electron chi connectivity index (χ0n) is 13.7. The van der Waals surface area contributed by atoms with Crippen LogP contribution in [0.1, 0.15) is 28.8 Å². The lowest BCUT2D eigenvalue weighted by Crippen LogP contribution is -2.38. The van der Waals surface area contributed by atoms with E-state index in [0.717, 1.165) is 6.42 Å². The normalized spacial score (nSPS) is 10.0.